The van der Waals surface area contributed by atoms with Crippen molar-refractivity contribution in [2.75, 3.05) is 5.32 Å². The summed E-state index contributed by atoms with van der Waals surface area (Å²) in [6.45, 7) is 0. The van der Waals surface area contributed by atoms with Gasteiger partial charge in [-0.2, -0.15) is 13.2 Å². The molecule has 0 unspecified atom stereocenters. The van der Waals surface area contributed by atoms with Crippen molar-refractivity contribution >= 4 is 22.5 Å². The van der Waals surface area contributed by atoms with E-state index in [9.17, 15) is 18.0 Å². The van der Waals surface area contributed by atoms with Crippen molar-refractivity contribution < 1.29 is 22.7 Å². The molecule has 6 rings (SSSR count). The lowest BCUT2D eigenvalue weighted by atomic mass is 9.71. The molecule has 172 valence electrons. The number of alkyl halides is 3. The summed E-state index contributed by atoms with van der Waals surface area (Å²) < 4.78 is 44.4. The van der Waals surface area contributed by atoms with E-state index in [1.807, 2.05) is 24.4 Å². The maximum atomic E-state index is 12.8. The molecule has 3 aromatic rings. The molecule has 2 aromatic carbocycles. The third-order valence-corrected chi connectivity index (χ3v) is 7.70. The molecule has 1 heterocycles. The van der Waals surface area contributed by atoms with Gasteiger partial charge in [-0.3, -0.25) is 4.79 Å². The lowest BCUT2D eigenvalue weighted by Gasteiger charge is -2.36. The fraction of sp³-hybridized carbons (Fsp3) is 0.423. The minimum atomic E-state index is -4.31. The zero-order valence-corrected chi connectivity index (χ0v) is 18.0. The topological polar surface area (TPSA) is 54.1 Å². The molecule has 1 spiro atoms. The monoisotopic (exact) mass is 454 g/mol. The highest BCUT2D eigenvalue weighted by Gasteiger charge is 2.54. The number of aromatic amines is 1. The number of aromatic nitrogens is 1. The first-order valence-corrected chi connectivity index (χ1v) is 11.5. The maximum absolute atomic E-state index is 12.8. The molecule has 1 aromatic heterocycles. The van der Waals surface area contributed by atoms with Crippen LogP contribution < -0.4 is 10.1 Å². The summed E-state index contributed by atoms with van der Waals surface area (Å²) in [6.07, 6.45) is 3.63. The number of carbonyl (C=O) groups is 1. The lowest BCUT2D eigenvalue weighted by Crippen LogP contribution is -2.35. The summed E-state index contributed by atoms with van der Waals surface area (Å²) in [5.74, 6) is 1.15. The number of anilines is 1. The molecule has 33 heavy (non-hydrogen) atoms. The van der Waals surface area contributed by atoms with Crippen LogP contribution in [0, 0.1) is 11.3 Å². The van der Waals surface area contributed by atoms with Gasteiger partial charge in [0.15, 0.2) is 0 Å². The van der Waals surface area contributed by atoms with Crippen molar-refractivity contribution in [2.24, 2.45) is 11.3 Å². The number of amides is 1. The summed E-state index contributed by atoms with van der Waals surface area (Å²) in [4.78, 5) is 15.8. The van der Waals surface area contributed by atoms with Crippen LogP contribution in [0.3, 0.4) is 0 Å². The van der Waals surface area contributed by atoms with Crippen molar-refractivity contribution in [2.45, 2.75) is 56.7 Å². The average Bonchev–Trinajstić information content (AvgIpc) is 3.45. The van der Waals surface area contributed by atoms with Gasteiger partial charge in [0.25, 0.3) is 0 Å². The van der Waals surface area contributed by atoms with Gasteiger partial charge in [-0.25, -0.2) is 0 Å². The second-order valence-electron chi connectivity index (χ2n) is 10.0. The number of rotatable bonds is 5. The Morgan fingerprint density at radius 3 is 2.45 bits per heavy atom. The van der Waals surface area contributed by atoms with Gasteiger partial charge in [0.1, 0.15) is 5.75 Å². The van der Waals surface area contributed by atoms with Gasteiger partial charge in [0.05, 0.1) is 17.4 Å². The van der Waals surface area contributed by atoms with E-state index >= 15 is 0 Å². The Labute approximate surface area is 189 Å². The van der Waals surface area contributed by atoms with Crippen molar-refractivity contribution in [3.8, 4) is 5.75 Å². The number of carbonyl (C=O) groups excluding carboxylic acids is 1. The van der Waals surface area contributed by atoms with Crippen molar-refractivity contribution in [3.63, 3.8) is 0 Å². The number of hydrogen-bond donors (Lipinski definition) is 2. The Kier molecular flexibility index (Phi) is 4.55. The molecule has 0 saturated heterocycles. The van der Waals surface area contributed by atoms with Crippen LogP contribution in [0.5, 0.6) is 5.75 Å². The van der Waals surface area contributed by atoms with Crippen LogP contribution in [-0.2, 0) is 11.0 Å². The Morgan fingerprint density at radius 2 is 1.79 bits per heavy atom. The van der Waals surface area contributed by atoms with E-state index in [0.29, 0.717) is 5.41 Å². The fourth-order valence-electron chi connectivity index (χ4n) is 5.34. The average molecular weight is 454 g/mol. The van der Waals surface area contributed by atoms with Gasteiger partial charge in [-0.1, -0.05) is 12.1 Å². The SMILES string of the molecule is O=C(Nc1c[nH]c2ccc(O[C@H]3C[C@@H](c4ccc(C(F)(F)F)cc4)C3)cc12)C1CC2(CC2)C1. The summed E-state index contributed by atoms with van der Waals surface area (Å²) in [5, 5.41) is 4.00. The van der Waals surface area contributed by atoms with E-state index in [-0.39, 0.29) is 23.8 Å². The normalized spacial score (nSPS) is 23.7. The number of benzene rings is 2. The van der Waals surface area contributed by atoms with E-state index in [1.165, 1.54) is 12.8 Å². The smallest absolute Gasteiger partial charge is 0.416 e. The van der Waals surface area contributed by atoms with E-state index < -0.39 is 11.7 Å². The van der Waals surface area contributed by atoms with Crippen molar-refractivity contribution in [3.05, 3.63) is 59.8 Å². The highest BCUT2D eigenvalue weighted by Crippen LogP contribution is 2.63. The Balaban J connectivity index is 1.07. The van der Waals surface area contributed by atoms with E-state index in [2.05, 4.69) is 10.3 Å². The number of nitrogens with one attached hydrogen (secondary N) is 2. The second-order valence-corrected chi connectivity index (χ2v) is 10.0. The molecule has 0 bridgehead atoms. The molecule has 3 aliphatic carbocycles. The van der Waals surface area contributed by atoms with Crippen LogP contribution in [0.25, 0.3) is 10.9 Å². The summed E-state index contributed by atoms with van der Waals surface area (Å²) in [5.41, 5.74) is 2.49. The first-order chi connectivity index (χ1) is 15.8. The van der Waals surface area contributed by atoms with Gasteiger partial charge in [0.2, 0.25) is 5.91 Å². The highest BCUT2D eigenvalue weighted by molar-refractivity contribution is 6.03. The van der Waals surface area contributed by atoms with Crippen molar-refractivity contribution in [1.82, 2.24) is 4.98 Å². The van der Waals surface area contributed by atoms with Gasteiger partial charge in [0, 0.05) is 23.0 Å². The maximum Gasteiger partial charge on any atom is 0.416 e. The van der Waals surface area contributed by atoms with E-state index in [1.54, 1.807) is 12.1 Å². The third-order valence-electron chi connectivity index (χ3n) is 7.70. The number of halogens is 3. The van der Waals surface area contributed by atoms with Gasteiger partial charge in [-0.15, -0.1) is 0 Å². The van der Waals surface area contributed by atoms with E-state index in [0.717, 1.165) is 65.7 Å². The zero-order chi connectivity index (χ0) is 22.8. The molecular weight excluding hydrogens is 429 g/mol. The van der Waals surface area contributed by atoms with Crippen LogP contribution in [0.4, 0.5) is 18.9 Å². The van der Waals surface area contributed by atoms with Gasteiger partial charge >= 0.3 is 6.18 Å². The minimum Gasteiger partial charge on any atom is -0.490 e. The number of hydrogen-bond acceptors (Lipinski definition) is 2. The first-order valence-electron chi connectivity index (χ1n) is 11.5. The molecule has 7 heteroatoms. The molecule has 2 N–H and O–H groups in total. The van der Waals surface area contributed by atoms with Crippen LogP contribution >= 0.6 is 0 Å². The molecule has 3 aliphatic rings. The second kappa shape index (κ2) is 7.27. The first kappa shape index (κ1) is 20.6. The lowest BCUT2D eigenvalue weighted by molar-refractivity contribution is -0.137. The molecule has 0 radical (unpaired) electrons. The van der Waals surface area contributed by atoms with Crippen LogP contribution in [0.2, 0.25) is 0 Å². The van der Waals surface area contributed by atoms with E-state index in [4.69, 9.17) is 4.74 Å². The van der Waals surface area contributed by atoms with Crippen LogP contribution in [0.15, 0.2) is 48.7 Å². The zero-order valence-electron chi connectivity index (χ0n) is 18.0. The molecule has 3 fully saturated rings. The number of H-pyrrole nitrogens is 1. The summed E-state index contributed by atoms with van der Waals surface area (Å²) in [6, 6.07) is 11.2. The molecule has 1 amide bonds. The van der Waals surface area contributed by atoms with Crippen molar-refractivity contribution in [1.29, 1.82) is 0 Å². The predicted octanol–water partition coefficient (Wildman–Crippen LogP) is 6.64. The largest absolute Gasteiger partial charge is 0.490 e. The molecule has 4 nitrogen and oxygen atoms in total. The number of ether oxygens (including phenoxy) is 1. The standard InChI is InChI=1S/C26H25F3N2O2/c27-26(28,29)18-3-1-15(2-4-18)16-9-20(10-16)33-19-5-6-22-21(11-19)23(14-30-22)31-24(32)17-12-25(13-17)7-8-25/h1-6,11,14,16-17,20,30H,7-10,12-13H2,(H,31,32)/t16-,20+. The molecule has 0 aliphatic heterocycles. The third kappa shape index (κ3) is 3.87. The predicted molar refractivity (Wildman–Crippen MR) is 119 cm³/mol. The van der Waals surface area contributed by atoms with Gasteiger partial charge < -0.3 is 15.0 Å². The Bertz CT molecular complexity index is 1200. The minimum absolute atomic E-state index is 0.0245. The van der Waals surface area contributed by atoms with Gasteiger partial charge in [-0.05, 0) is 85.8 Å². The summed E-state index contributed by atoms with van der Waals surface area (Å²) in [7, 11) is 0. The van der Waals surface area contributed by atoms with Crippen LogP contribution in [-0.4, -0.2) is 17.0 Å². The molecular formula is C26H25F3N2O2. The summed E-state index contributed by atoms with van der Waals surface area (Å²) >= 11 is 0. The molecule has 3 saturated carbocycles. The highest BCUT2D eigenvalue weighted by atomic mass is 19.4. The molecule has 0 atom stereocenters. The number of fused-ring (bicyclic) bond motifs is 1. The Morgan fingerprint density at radius 1 is 1.06 bits per heavy atom. The Hall–Kier alpha value is -2.96. The van der Waals surface area contributed by atoms with Crippen LogP contribution in [0.1, 0.15) is 55.6 Å². The quantitative estimate of drug-likeness (QED) is 0.454. The fourth-order valence-corrected chi connectivity index (χ4v) is 5.34.